The zero-order valence-corrected chi connectivity index (χ0v) is 10.2. The Morgan fingerprint density at radius 2 is 2.35 bits per heavy atom. The maximum atomic E-state index is 11.8. The fraction of sp³-hybridized carbons (Fsp3) is 0.308. The fourth-order valence-electron chi connectivity index (χ4n) is 1.93. The molecule has 0 aliphatic carbocycles. The predicted octanol–water partition coefficient (Wildman–Crippen LogP) is 2.33. The maximum absolute atomic E-state index is 11.8. The highest BCUT2D eigenvalue weighted by Gasteiger charge is 2.30. The molecule has 2 rings (SSSR count). The first-order chi connectivity index (χ1) is 8.15. The van der Waals surface area contributed by atoms with Gasteiger partial charge < -0.3 is 9.64 Å². The Balaban J connectivity index is 2.35. The van der Waals surface area contributed by atoms with Gasteiger partial charge >= 0.3 is 0 Å². The molecule has 1 aromatic carbocycles. The number of ether oxygens (including phenoxy) is 1. The summed E-state index contributed by atoms with van der Waals surface area (Å²) in [6, 6.07) is 5.20. The van der Waals surface area contributed by atoms with Crippen LogP contribution < -0.4 is 9.64 Å². The van der Waals surface area contributed by atoms with Crippen LogP contribution in [0.2, 0.25) is 5.02 Å². The summed E-state index contributed by atoms with van der Waals surface area (Å²) in [5.41, 5.74) is 0.722. The van der Waals surface area contributed by atoms with Gasteiger partial charge in [-0.1, -0.05) is 11.6 Å². The summed E-state index contributed by atoms with van der Waals surface area (Å²) in [4.78, 5) is 13.5. The van der Waals surface area contributed by atoms with Gasteiger partial charge in [-0.15, -0.1) is 12.3 Å². The van der Waals surface area contributed by atoms with Crippen molar-refractivity contribution in [2.45, 2.75) is 6.42 Å². The molecule has 0 spiro atoms. The number of benzene rings is 1. The van der Waals surface area contributed by atoms with E-state index >= 15 is 0 Å². The molecule has 3 nitrogen and oxygen atoms in total. The summed E-state index contributed by atoms with van der Waals surface area (Å²) in [6.45, 7) is 0.535. The number of amides is 1. The van der Waals surface area contributed by atoms with Crippen molar-refractivity contribution < 1.29 is 9.53 Å². The summed E-state index contributed by atoms with van der Waals surface area (Å²) in [5.74, 6) is 3.20. The molecule has 0 N–H and O–H groups in total. The van der Waals surface area contributed by atoms with Gasteiger partial charge in [0.15, 0.2) is 0 Å². The monoisotopic (exact) mass is 249 g/mol. The molecular weight excluding hydrogens is 238 g/mol. The van der Waals surface area contributed by atoms with E-state index in [1.54, 1.807) is 30.2 Å². The Morgan fingerprint density at radius 1 is 1.59 bits per heavy atom. The second-order valence-electron chi connectivity index (χ2n) is 3.89. The van der Waals surface area contributed by atoms with E-state index in [2.05, 4.69) is 5.92 Å². The number of methoxy groups -OCH3 is 1. The number of halogens is 1. The van der Waals surface area contributed by atoms with Crippen LogP contribution in [0.3, 0.4) is 0 Å². The average Bonchev–Trinajstić information content (AvgIpc) is 2.70. The van der Waals surface area contributed by atoms with Gasteiger partial charge in [-0.25, -0.2) is 0 Å². The molecule has 88 valence electrons. The lowest BCUT2D eigenvalue weighted by Crippen LogP contribution is -2.24. The normalized spacial score (nSPS) is 19.2. The fourth-order valence-corrected chi connectivity index (χ4v) is 2.09. The van der Waals surface area contributed by atoms with E-state index in [4.69, 9.17) is 22.8 Å². The molecule has 1 aliphatic rings. The Kier molecular flexibility index (Phi) is 3.26. The van der Waals surface area contributed by atoms with E-state index in [9.17, 15) is 4.79 Å². The molecule has 1 fully saturated rings. The molecule has 1 aromatic rings. The van der Waals surface area contributed by atoms with Crippen molar-refractivity contribution in [1.82, 2.24) is 0 Å². The van der Waals surface area contributed by atoms with E-state index in [1.807, 2.05) is 0 Å². The Morgan fingerprint density at radius 3 is 2.94 bits per heavy atom. The summed E-state index contributed by atoms with van der Waals surface area (Å²) < 4.78 is 5.23. The van der Waals surface area contributed by atoms with Gasteiger partial charge in [-0.05, 0) is 12.1 Å². The van der Waals surface area contributed by atoms with Crippen LogP contribution in [-0.2, 0) is 4.79 Å². The molecule has 0 bridgehead atoms. The van der Waals surface area contributed by atoms with Crippen LogP contribution in [0.1, 0.15) is 6.42 Å². The number of anilines is 1. The van der Waals surface area contributed by atoms with E-state index in [0.717, 1.165) is 5.69 Å². The van der Waals surface area contributed by atoms with E-state index in [1.165, 1.54) is 0 Å². The molecule has 1 saturated heterocycles. The van der Waals surface area contributed by atoms with Gasteiger partial charge in [0.25, 0.3) is 0 Å². The van der Waals surface area contributed by atoms with Gasteiger partial charge in [-0.2, -0.15) is 0 Å². The minimum absolute atomic E-state index is 0.0218. The topological polar surface area (TPSA) is 29.5 Å². The number of carbonyl (C=O) groups is 1. The minimum atomic E-state index is -0.0251. The third kappa shape index (κ3) is 2.22. The van der Waals surface area contributed by atoms with Crippen molar-refractivity contribution >= 4 is 23.2 Å². The highest BCUT2D eigenvalue weighted by molar-refractivity contribution is 6.30. The van der Waals surface area contributed by atoms with Gasteiger partial charge in [0.2, 0.25) is 5.91 Å². The standard InChI is InChI=1S/C13H12ClNO2/c1-3-9-6-13(16)15(8-9)11-5-4-10(14)7-12(11)17-2/h1,4-5,7,9H,6,8H2,2H3. The first kappa shape index (κ1) is 11.8. The lowest BCUT2D eigenvalue weighted by Gasteiger charge is -2.19. The summed E-state index contributed by atoms with van der Waals surface area (Å²) in [5, 5.41) is 0.575. The van der Waals surface area contributed by atoms with Crippen molar-refractivity contribution in [3.8, 4) is 18.1 Å². The Bertz CT molecular complexity index is 493. The number of hydrogen-bond donors (Lipinski definition) is 0. The van der Waals surface area contributed by atoms with Gasteiger partial charge in [-0.3, -0.25) is 4.79 Å². The highest BCUT2D eigenvalue weighted by atomic mass is 35.5. The molecule has 0 saturated carbocycles. The first-order valence-electron chi connectivity index (χ1n) is 5.25. The Labute approximate surface area is 105 Å². The smallest absolute Gasteiger partial charge is 0.228 e. The van der Waals surface area contributed by atoms with Crippen molar-refractivity contribution in [2.75, 3.05) is 18.6 Å². The lowest BCUT2D eigenvalue weighted by atomic mass is 10.1. The van der Waals surface area contributed by atoms with Gasteiger partial charge in [0.05, 0.1) is 12.8 Å². The molecule has 0 aromatic heterocycles. The van der Waals surface area contributed by atoms with Crippen molar-refractivity contribution in [1.29, 1.82) is 0 Å². The molecule has 1 atom stereocenters. The number of hydrogen-bond acceptors (Lipinski definition) is 2. The predicted molar refractivity (Wildman–Crippen MR) is 67.3 cm³/mol. The van der Waals surface area contributed by atoms with Crippen molar-refractivity contribution in [2.24, 2.45) is 5.92 Å². The first-order valence-corrected chi connectivity index (χ1v) is 5.63. The second kappa shape index (κ2) is 4.68. The van der Waals surface area contributed by atoms with Crippen LogP contribution in [0.25, 0.3) is 0 Å². The van der Waals surface area contributed by atoms with Crippen LogP contribution >= 0.6 is 11.6 Å². The summed E-state index contributed by atoms with van der Waals surface area (Å²) >= 11 is 5.88. The van der Waals surface area contributed by atoms with E-state index in [-0.39, 0.29) is 11.8 Å². The van der Waals surface area contributed by atoms with Crippen LogP contribution in [0.4, 0.5) is 5.69 Å². The maximum Gasteiger partial charge on any atom is 0.228 e. The summed E-state index contributed by atoms with van der Waals surface area (Å²) in [6.07, 6.45) is 5.74. The molecule has 4 heteroatoms. The lowest BCUT2D eigenvalue weighted by molar-refractivity contribution is -0.117. The quantitative estimate of drug-likeness (QED) is 0.753. The van der Waals surface area contributed by atoms with Crippen LogP contribution in [0.15, 0.2) is 18.2 Å². The van der Waals surface area contributed by atoms with Crippen molar-refractivity contribution in [3.05, 3.63) is 23.2 Å². The Hall–Kier alpha value is -1.66. The van der Waals surface area contributed by atoms with Gasteiger partial charge in [0.1, 0.15) is 5.75 Å². The zero-order valence-electron chi connectivity index (χ0n) is 9.44. The molecule has 0 radical (unpaired) electrons. The van der Waals surface area contributed by atoms with Crippen molar-refractivity contribution in [3.63, 3.8) is 0 Å². The number of carbonyl (C=O) groups excluding carboxylic acids is 1. The molecule has 1 amide bonds. The molecular formula is C13H12ClNO2. The number of terminal acetylenes is 1. The molecule has 1 heterocycles. The van der Waals surface area contributed by atoms with Gasteiger partial charge in [0, 0.05) is 30.0 Å². The second-order valence-corrected chi connectivity index (χ2v) is 4.32. The van der Waals surface area contributed by atoms with Crippen LogP contribution in [0.5, 0.6) is 5.75 Å². The minimum Gasteiger partial charge on any atom is -0.495 e. The van der Waals surface area contributed by atoms with Crippen LogP contribution in [0, 0.1) is 18.3 Å². The number of rotatable bonds is 2. The van der Waals surface area contributed by atoms with Crippen LogP contribution in [-0.4, -0.2) is 19.6 Å². The highest BCUT2D eigenvalue weighted by Crippen LogP contribution is 2.34. The molecule has 1 aliphatic heterocycles. The van der Waals surface area contributed by atoms with E-state index in [0.29, 0.717) is 23.7 Å². The number of nitrogens with zero attached hydrogens (tertiary/aromatic N) is 1. The molecule has 17 heavy (non-hydrogen) atoms. The third-order valence-corrected chi connectivity index (χ3v) is 3.03. The SMILES string of the molecule is C#CC1CC(=O)N(c2ccc(Cl)cc2OC)C1. The third-order valence-electron chi connectivity index (χ3n) is 2.79. The average molecular weight is 250 g/mol. The summed E-state index contributed by atoms with van der Waals surface area (Å²) in [7, 11) is 1.55. The van der Waals surface area contributed by atoms with E-state index < -0.39 is 0 Å². The zero-order chi connectivity index (χ0) is 12.4. The molecule has 1 unspecified atom stereocenters. The largest absolute Gasteiger partial charge is 0.495 e.